The molecule has 1 aromatic rings. The molecule has 0 saturated heterocycles. The Kier molecular flexibility index (Phi) is 5.06. The molecule has 1 aromatic heterocycles. The molecule has 0 radical (unpaired) electrons. The summed E-state index contributed by atoms with van der Waals surface area (Å²) in [5, 5.41) is 11.2. The number of rotatable bonds is 6. The summed E-state index contributed by atoms with van der Waals surface area (Å²) < 4.78 is 9.69. The number of ether oxygens (including phenoxy) is 2. The van der Waals surface area contributed by atoms with Gasteiger partial charge in [-0.25, -0.2) is 4.79 Å². The summed E-state index contributed by atoms with van der Waals surface area (Å²) in [6, 6.07) is 0.334. The van der Waals surface area contributed by atoms with E-state index in [0.717, 1.165) is 0 Å². The number of aromatic nitrogens is 1. The lowest BCUT2D eigenvalue weighted by molar-refractivity contribution is -0.140. The molecular formula is C11H14N2O5. The summed E-state index contributed by atoms with van der Waals surface area (Å²) in [5.74, 6) is -1.45. The molecular weight excluding hydrogens is 240 g/mol. The van der Waals surface area contributed by atoms with Crippen molar-refractivity contribution in [1.29, 1.82) is 0 Å². The van der Waals surface area contributed by atoms with Crippen LogP contribution in [0.5, 0.6) is 5.75 Å². The molecule has 0 saturated carbocycles. The van der Waals surface area contributed by atoms with Gasteiger partial charge in [0.2, 0.25) is 0 Å². The highest BCUT2D eigenvalue weighted by atomic mass is 16.5. The van der Waals surface area contributed by atoms with Gasteiger partial charge in [0.25, 0.3) is 5.91 Å². The van der Waals surface area contributed by atoms with Gasteiger partial charge in [-0.05, 0) is 6.07 Å². The van der Waals surface area contributed by atoms with Gasteiger partial charge in [-0.3, -0.25) is 9.78 Å². The average Bonchev–Trinajstić information content (AvgIpc) is 2.37. The second-order valence-corrected chi connectivity index (χ2v) is 3.40. The van der Waals surface area contributed by atoms with Gasteiger partial charge in [0.05, 0.1) is 25.5 Å². The van der Waals surface area contributed by atoms with E-state index in [0.29, 0.717) is 0 Å². The maximum Gasteiger partial charge on any atom is 0.328 e. The Bertz CT molecular complexity index is 435. The van der Waals surface area contributed by atoms with Gasteiger partial charge in [0.15, 0.2) is 6.04 Å². The van der Waals surface area contributed by atoms with Crippen molar-refractivity contribution in [1.82, 2.24) is 10.3 Å². The summed E-state index contributed by atoms with van der Waals surface area (Å²) in [5.41, 5.74) is 0.217. The Labute approximate surface area is 104 Å². The second kappa shape index (κ2) is 6.55. The molecule has 2 N–H and O–H groups in total. The quantitative estimate of drug-likeness (QED) is 0.736. The number of carboxylic acid groups (broad SMARTS) is 1. The number of carbonyl (C=O) groups excluding carboxylic acids is 1. The number of hydrogen-bond acceptors (Lipinski definition) is 5. The zero-order valence-electron chi connectivity index (χ0n) is 10.0. The van der Waals surface area contributed by atoms with Crippen molar-refractivity contribution in [2.24, 2.45) is 0 Å². The van der Waals surface area contributed by atoms with Gasteiger partial charge < -0.3 is 19.9 Å². The Balaban J connectivity index is 2.83. The summed E-state index contributed by atoms with van der Waals surface area (Å²) >= 11 is 0. The monoisotopic (exact) mass is 254 g/mol. The van der Waals surface area contributed by atoms with Crippen molar-refractivity contribution in [2.45, 2.75) is 6.04 Å². The predicted octanol–water partition coefficient (Wildman–Crippen LogP) is -0.0804. The van der Waals surface area contributed by atoms with Crippen LogP contribution in [-0.4, -0.2) is 48.8 Å². The minimum Gasteiger partial charge on any atom is -0.494 e. The van der Waals surface area contributed by atoms with Crippen LogP contribution in [0.2, 0.25) is 0 Å². The van der Waals surface area contributed by atoms with Crippen molar-refractivity contribution in [2.75, 3.05) is 20.8 Å². The van der Waals surface area contributed by atoms with Crippen molar-refractivity contribution < 1.29 is 24.2 Å². The number of nitrogens with zero attached hydrogens (tertiary/aromatic N) is 1. The van der Waals surface area contributed by atoms with Crippen LogP contribution < -0.4 is 10.1 Å². The van der Waals surface area contributed by atoms with E-state index < -0.39 is 17.9 Å². The van der Waals surface area contributed by atoms with Crippen molar-refractivity contribution in [3.05, 3.63) is 24.0 Å². The van der Waals surface area contributed by atoms with Crippen LogP contribution in [0.25, 0.3) is 0 Å². The number of hydrogen-bond donors (Lipinski definition) is 2. The van der Waals surface area contributed by atoms with Gasteiger partial charge in [0.1, 0.15) is 5.75 Å². The molecule has 0 aliphatic carbocycles. The zero-order chi connectivity index (χ0) is 13.5. The summed E-state index contributed by atoms with van der Waals surface area (Å²) in [6.45, 7) is -0.117. The van der Waals surface area contributed by atoms with E-state index in [9.17, 15) is 9.59 Å². The number of methoxy groups -OCH3 is 2. The number of aliphatic carboxylic acids is 1. The predicted molar refractivity (Wildman–Crippen MR) is 61.6 cm³/mol. The fraction of sp³-hybridized carbons (Fsp3) is 0.364. The van der Waals surface area contributed by atoms with E-state index >= 15 is 0 Å². The lowest BCUT2D eigenvalue weighted by atomic mass is 10.2. The van der Waals surface area contributed by atoms with Crippen molar-refractivity contribution >= 4 is 11.9 Å². The summed E-state index contributed by atoms with van der Waals surface area (Å²) in [6.07, 6.45) is 2.80. The number of nitrogens with one attached hydrogen (secondary N) is 1. The lowest BCUT2D eigenvalue weighted by Gasteiger charge is -2.14. The third-order valence-corrected chi connectivity index (χ3v) is 2.19. The Hall–Kier alpha value is -2.15. The molecule has 0 fully saturated rings. The molecule has 1 heterocycles. The minimum absolute atomic E-state index is 0.117. The van der Waals surface area contributed by atoms with Gasteiger partial charge >= 0.3 is 5.97 Å². The first-order valence-corrected chi connectivity index (χ1v) is 5.10. The molecule has 0 aliphatic rings. The van der Waals surface area contributed by atoms with Gasteiger partial charge in [-0.1, -0.05) is 0 Å². The molecule has 7 nitrogen and oxygen atoms in total. The molecule has 1 unspecified atom stereocenters. The number of carbonyl (C=O) groups is 2. The largest absolute Gasteiger partial charge is 0.494 e. The highest BCUT2D eigenvalue weighted by molar-refractivity contribution is 5.98. The molecule has 98 valence electrons. The minimum atomic E-state index is -1.17. The Morgan fingerprint density at radius 3 is 2.78 bits per heavy atom. The lowest BCUT2D eigenvalue weighted by Crippen LogP contribution is -2.43. The van der Waals surface area contributed by atoms with E-state index in [1.54, 1.807) is 0 Å². The van der Waals surface area contributed by atoms with E-state index in [2.05, 4.69) is 10.3 Å². The highest BCUT2D eigenvalue weighted by Crippen LogP contribution is 2.15. The molecule has 18 heavy (non-hydrogen) atoms. The molecule has 0 aromatic carbocycles. The standard InChI is InChI=1S/C11H14N2O5/c1-17-6-8(11(15)16)13-10(14)7-3-4-12-5-9(7)18-2/h3-5,8H,6H2,1-2H3,(H,13,14)(H,15,16). The van der Waals surface area contributed by atoms with Crippen LogP contribution in [0.15, 0.2) is 18.5 Å². The fourth-order valence-corrected chi connectivity index (χ4v) is 1.31. The molecule has 1 atom stereocenters. The maximum absolute atomic E-state index is 11.9. The Morgan fingerprint density at radius 1 is 1.50 bits per heavy atom. The van der Waals surface area contributed by atoms with Crippen LogP contribution in [0, 0.1) is 0 Å². The smallest absolute Gasteiger partial charge is 0.328 e. The van der Waals surface area contributed by atoms with Crippen LogP contribution in [-0.2, 0) is 9.53 Å². The SMILES string of the molecule is COCC(NC(=O)c1ccncc1OC)C(=O)O. The van der Waals surface area contributed by atoms with Crippen molar-refractivity contribution in [3.63, 3.8) is 0 Å². The first-order valence-electron chi connectivity index (χ1n) is 5.10. The maximum atomic E-state index is 11.9. The van der Waals surface area contributed by atoms with E-state index in [1.165, 1.54) is 32.7 Å². The van der Waals surface area contributed by atoms with Crippen LogP contribution in [0.4, 0.5) is 0 Å². The molecule has 1 amide bonds. The van der Waals surface area contributed by atoms with Gasteiger partial charge in [-0.15, -0.1) is 0 Å². The first-order chi connectivity index (χ1) is 8.60. The zero-order valence-corrected chi connectivity index (χ0v) is 10.0. The molecule has 0 aliphatic heterocycles. The topological polar surface area (TPSA) is 97.8 Å². The van der Waals surface area contributed by atoms with E-state index in [1.807, 2.05) is 0 Å². The second-order valence-electron chi connectivity index (χ2n) is 3.40. The Morgan fingerprint density at radius 2 is 2.22 bits per heavy atom. The van der Waals surface area contributed by atoms with Gasteiger partial charge in [0, 0.05) is 13.3 Å². The van der Waals surface area contributed by atoms with Crippen LogP contribution in [0.3, 0.4) is 0 Å². The van der Waals surface area contributed by atoms with Gasteiger partial charge in [-0.2, -0.15) is 0 Å². The van der Waals surface area contributed by atoms with Crippen LogP contribution >= 0.6 is 0 Å². The summed E-state index contributed by atoms with van der Waals surface area (Å²) in [4.78, 5) is 26.6. The van der Waals surface area contributed by atoms with Crippen LogP contribution in [0.1, 0.15) is 10.4 Å². The fourth-order valence-electron chi connectivity index (χ4n) is 1.31. The first kappa shape index (κ1) is 13.9. The number of pyridine rings is 1. The van der Waals surface area contributed by atoms with E-state index in [4.69, 9.17) is 14.6 Å². The molecule has 1 rings (SSSR count). The molecule has 0 spiro atoms. The molecule has 0 bridgehead atoms. The summed E-state index contributed by atoms with van der Waals surface area (Å²) in [7, 11) is 2.76. The number of amides is 1. The normalized spacial score (nSPS) is 11.7. The third-order valence-electron chi connectivity index (χ3n) is 2.19. The number of carboxylic acids is 1. The van der Waals surface area contributed by atoms with Crippen molar-refractivity contribution in [3.8, 4) is 5.75 Å². The third kappa shape index (κ3) is 3.42. The average molecular weight is 254 g/mol. The van der Waals surface area contributed by atoms with E-state index in [-0.39, 0.29) is 17.9 Å². The highest BCUT2D eigenvalue weighted by Gasteiger charge is 2.22. The molecule has 7 heteroatoms.